The van der Waals surface area contributed by atoms with Crippen molar-refractivity contribution in [3.8, 4) is 22.5 Å². The number of carboxylic acids is 2. The molecule has 2 atom stereocenters. The monoisotopic (exact) mass is 824 g/mol. The highest BCUT2D eigenvalue weighted by Crippen LogP contribution is 2.36. The summed E-state index contributed by atoms with van der Waals surface area (Å²) >= 11 is 14.4. The maximum atomic E-state index is 14.5. The van der Waals surface area contributed by atoms with Gasteiger partial charge in [0.2, 0.25) is 16.9 Å². The van der Waals surface area contributed by atoms with Crippen molar-refractivity contribution >= 4 is 79.9 Å². The molecule has 15 heteroatoms. The van der Waals surface area contributed by atoms with E-state index in [1.165, 1.54) is 23.3 Å². The fourth-order valence-corrected chi connectivity index (χ4v) is 8.45. The second-order valence-corrected chi connectivity index (χ2v) is 15.7. The first kappa shape index (κ1) is 41.5. The quantitative estimate of drug-likeness (QED) is 0.106. The summed E-state index contributed by atoms with van der Waals surface area (Å²) < 4.78 is 14.5. The molecule has 2 amide bonds. The van der Waals surface area contributed by atoms with E-state index in [9.17, 15) is 33.8 Å². The van der Waals surface area contributed by atoms with Crippen molar-refractivity contribution in [1.29, 1.82) is 0 Å². The molecule has 0 bridgehead atoms. The van der Waals surface area contributed by atoms with Crippen LogP contribution in [0.2, 0.25) is 10.0 Å². The molecule has 1 aliphatic rings. The summed E-state index contributed by atoms with van der Waals surface area (Å²) in [5.41, 5.74) is 2.85. The number of amides is 2. The van der Waals surface area contributed by atoms with Crippen molar-refractivity contribution in [3.63, 3.8) is 0 Å². The van der Waals surface area contributed by atoms with Gasteiger partial charge >= 0.3 is 11.9 Å². The van der Waals surface area contributed by atoms with Crippen LogP contribution in [0, 0.1) is 22.9 Å². The van der Waals surface area contributed by atoms with Gasteiger partial charge in [0, 0.05) is 28.6 Å². The average Bonchev–Trinajstić information content (AvgIpc) is 3.80. The highest BCUT2D eigenvalue weighted by atomic mass is 35.5. The summed E-state index contributed by atoms with van der Waals surface area (Å²) in [6.45, 7) is 0. The van der Waals surface area contributed by atoms with Gasteiger partial charge in [0.1, 0.15) is 5.69 Å². The van der Waals surface area contributed by atoms with E-state index in [2.05, 4.69) is 15.3 Å². The minimum Gasteiger partial charge on any atom is -0.481 e. The minimum absolute atomic E-state index is 0.0630. The third kappa shape index (κ3) is 11.4. The van der Waals surface area contributed by atoms with Crippen LogP contribution in [0.25, 0.3) is 22.5 Å². The lowest BCUT2D eigenvalue weighted by molar-refractivity contribution is -0.141. The van der Waals surface area contributed by atoms with Gasteiger partial charge in [-0.25, -0.2) is 9.97 Å². The number of benzene rings is 3. The highest BCUT2D eigenvalue weighted by Gasteiger charge is 2.32. The Bertz CT molecular complexity index is 2110. The summed E-state index contributed by atoms with van der Waals surface area (Å²) in [6, 6.07) is 23.3. The van der Waals surface area contributed by atoms with Crippen LogP contribution in [0.5, 0.6) is 0 Å². The van der Waals surface area contributed by atoms with E-state index in [1.807, 2.05) is 53.9 Å². The Labute approximate surface area is 336 Å². The summed E-state index contributed by atoms with van der Waals surface area (Å²) in [6.07, 6.45) is 4.89. The zero-order valence-corrected chi connectivity index (χ0v) is 32.9. The van der Waals surface area contributed by atoms with Crippen LogP contribution in [0.4, 0.5) is 14.7 Å². The number of rotatable bonds is 13. The molecule has 10 nitrogen and oxygen atoms in total. The van der Waals surface area contributed by atoms with E-state index in [0.29, 0.717) is 26.4 Å². The highest BCUT2D eigenvalue weighted by molar-refractivity contribution is 7.14. The molecule has 2 heterocycles. The minimum atomic E-state index is -1.07. The molecule has 288 valence electrons. The first-order valence-electron chi connectivity index (χ1n) is 17.6. The zero-order valence-electron chi connectivity index (χ0n) is 29.8. The molecule has 2 aromatic heterocycles. The summed E-state index contributed by atoms with van der Waals surface area (Å²) in [4.78, 5) is 58.1. The topological polar surface area (TPSA) is 150 Å². The molecule has 0 aliphatic heterocycles. The number of carbonyl (C=O) groups is 4. The fourth-order valence-electron chi connectivity index (χ4n) is 6.50. The Morgan fingerprint density at radius 2 is 1.45 bits per heavy atom. The molecular formula is C40H39Cl2FN4O6S2. The number of nitrogens with zero attached hydrogens (tertiary/aromatic N) is 3. The lowest BCUT2D eigenvalue weighted by Crippen LogP contribution is -2.35. The molecule has 5 aromatic rings. The second-order valence-electron chi connectivity index (χ2n) is 13.1. The van der Waals surface area contributed by atoms with Gasteiger partial charge in [-0.1, -0.05) is 121 Å². The second kappa shape index (κ2) is 19.8. The first-order valence-corrected chi connectivity index (χ1v) is 20.0. The number of aromatic nitrogens is 2. The van der Waals surface area contributed by atoms with Crippen LogP contribution >= 0.6 is 45.9 Å². The number of carbonyl (C=O) groups excluding carboxylic acids is 2. The Kier molecular flexibility index (Phi) is 14.9. The predicted molar refractivity (Wildman–Crippen MR) is 215 cm³/mol. The van der Waals surface area contributed by atoms with Crippen LogP contribution in [0.3, 0.4) is 0 Å². The van der Waals surface area contributed by atoms with Crippen molar-refractivity contribution in [2.75, 3.05) is 17.3 Å². The van der Waals surface area contributed by atoms with Crippen molar-refractivity contribution in [2.45, 2.75) is 51.4 Å². The number of thiazole rings is 2. The van der Waals surface area contributed by atoms with Gasteiger partial charge in [0.05, 0.1) is 35.4 Å². The summed E-state index contributed by atoms with van der Waals surface area (Å²) in [5.74, 6) is -3.88. The molecule has 1 aliphatic carbocycles. The Balaban J connectivity index is 0.000000212. The molecule has 0 unspecified atom stereocenters. The Morgan fingerprint density at radius 3 is 2.07 bits per heavy atom. The van der Waals surface area contributed by atoms with E-state index in [1.54, 1.807) is 30.3 Å². The maximum absolute atomic E-state index is 14.5. The lowest BCUT2D eigenvalue weighted by Gasteiger charge is -2.28. The van der Waals surface area contributed by atoms with Gasteiger partial charge < -0.3 is 15.5 Å². The van der Waals surface area contributed by atoms with Crippen LogP contribution in [-0.2, 0) is 25.6 Å². The molecule has 0 spiro atoms. The maximum Gasteiger partial charge on any atom is 0.304 e. The Hall–Kier alpha value is -4.69. The molecule has 6 rings (SSSR count). The van der Waals surface area contributed by atoms with Gasteiger partial charge in [0.15, 0.2) is 10.3 Å². The predicted octanol–water partition coefficient (Wildman–Crippen LogP) is 9.97. The standard InChI is InChI=1S/C21H18ClFN2O3S.C19H21ClN2O3S/c1-25(20(28)14(12-17(26)27)11-13-7-3-2-4-8-13)21-24-18(19(23)29-21)15-9-5-6-10-16(15)22;20-15-9-5-4-8-13(15)16-11-26-19(21-16)22-18(25)14(10-17(23)24)12-6-2-1-3-7-12/h2-10,14H,11-12H2,1H3,(H,26,27);4-5,8-9,11-12,14H,1-3,6-7,10H2,(H,23,24)(H,21,22,25)/t2*14-/m10/s1. The van der Waals surface area contributed by atoms with E-state index in [0.717, 1.165) is 54.6 Å². The number of hydrogen-bond acceptors (Lipinski definition) is 8. The molecule has 55 heavy (non-hydrogen) atoms. The smallest absolute Gasteiger partial charge is 0.304 e. The number of halogens is 3. The Morgan fingerprint density at radius 1 is 0.855 bits per heavy atom. The van der Waals surface area contributed by atoms with Crippen LogP contribution in [0.1, 0.15) is 50.5 Å². The van der Waals surface area contributed by atoms with Gasteiger partial charge in [0.25, 0.3) is 0 Å². The third-order valence-corrected chi connectivity index (χ3v) is 11.6. The number of anilines is 2. The molecule has 3 N–H and O–H groups in total. The van der Waals surface area contributed by atoms with E-state index in [4.69, 9.17) is 23.2 Å². The van der Waals surface area contributed by atoms with Crippen LogP contribution in [0.15, 0.2) is 84.2 Å². The van der Waals surface area contributed by atoms with Gasteiger partial charge in [-0.3, -0.25) is 24.1 Å². The van der Waals surface area contributed by atoms with Crippen molar-refractivity contribution in [1.82, 2.24) is 9.97 Å². The normalized spacial score (nSPS) is 13.9. The number of aliphatic carboxylic acids is 2. The van der Waals surface area contributed by atoms with Crippen LogP contribution in [-0.4, -0.2) is 51.0 Å². The van der Waals surface area contributed by atoms with E-state index < -0.39 is 34.8 Å². The molecule has 1 saturated carbocycles. The molecule has 0 saturated heterocycles. The molecule has 3 aromatic carbocycles. The molecule has 0 radical (unpaired) electrons. The van der Waals surface area contributed by atoms with Crippen molar-refractivity contribution in [3.05, 3.63) is 105 Å². The van der Waals surface area contributed by atoms with Gasteiger partial charge in [-0.2, -0.15) is 4.39 Å². The number of nitrogens with one attached hydrogen (secondary N) is 1. The zero-order chi connectivity index (χ0) is 39.5. The number of hydrogen-bond donors (Lipinski definition) is 3. The fraction of sp³-hybridized carbons (Fsp3) is 0.300. The lowest BCUT2D eigenvalue weighted by atomic mass is 9.78. The first-order chi connectivity index (χ1) is 26.4. The third-order valence-electron chi connectivity index (χ3n) is 9.25. The van der Waals surface area contributed by atoms with Gasteiger partial charge in [-0.15, -0.1) is 11.3 Å². The molecular weight excluding hydrogens is 786 g/mol. The van der Waals surface area contributed by atoms with Gasteiger partial charge in [-0.05, 0) is 42.9 Å². The van der Waals surface area contributed by atoms with Crippen LogP contribution < -0.4 is 10.2 Å². The SMILES string of the molecule is CN(C(=O)[C@@H](CC(=O)O)Cc1ccccc1)c1nc(-c2ccccc2Cl)c(F)s1.O=C(O)C[C@H](C(=O)Nc1nc(-c2ccccc2Cl)cs1)C1CCCCC1. The van der Waals surface area contributed by atoms with E-state index in [-0.39, 0.29) is 41.9 Å². The van der Waals surface area contributed by atoms with Crippen molar-refractivity contribution in [2.24, 2.45) is 17.8 Å². The van der Waals surface area contributed by atoms with E-state index >= 15 is 0 Å². The summed E-state index contributed by atoms with van der Waals surface area (Å²) in [5, 5.41) is 24.1. The largest absolute Gasteiger partial charge is 0.481 e. The molecule has 1 fully saturated rings. The number of carboxylic acid groups (broad SMARTS) is 2. The average molecular weight is 826 g/mol. The summed E-state index contributed by atoms with van der Waals surface area (Å²) in [7, 11) is 1.47. The van der Waals surface area contributed by atoms with Crippen molar-refractivity contribution < 1.29 is 33.8 Å².